The van der Waals surface area contributed by atoms with Crippen LogP contribution in [0.15, 0.2) is 29.4 Å². The Bertz CT molecular complexity index is 597. The van der Waals surface area contributed by atoms with Crippen molar-refractivity contribution in [1.29, 1.82) is 0 Å². The summed E-state index contributed by atoms with van der Waals surface area (Å²) >= 11 is 0. The van der Waals surface area contributed by atoms with Gasteiger partial charge in [-0.15, -0.1) is 0 Å². The lowest BCUT2D eigenvalue weighted by Crippen LogP contribution is -2.33. The van der Waals surface area contributed by atoms with E-state index in [9.17, 15) is 9.59 Å². The van der Waals surface area contributed by atoms with E-state index in [2.05, 4.69) is 22.3 Å². The average molecular weight is 301 g/mol. The number of hydrogen-bond acceptors (Lipinski definition) is 4. The molecule has 6 heteroatoms. The molecule has 0 aliphatic heterocycles. The molecule has 0 bridgehead atoms. The third-order valence-corrected chi connectivity index (χ3v) is 2.73. The van der Waals surface area contributed by atoms with Crippen molar-refractivity contribution >= 4 is 18.1 Å². The van der Waals surface area contributed by atoms with Crippen molar-refractivity contribution in [2.24, 2.45) is 10.9 Å². The molecular formula is C16H19N3O3. The fourth-order valence-electron chi connectivity index (χ4n) is 1.74. The molecule has 22 heavy (non-hydrogen) atoms. The number of nitrogens with one attached hydrogen (secondary N) is 1. The first-order valence-corrected chi connectivity index (χ1v) is 6.84. The number of nitrogens with two attached hydrogens (primary N) is 1. The minimum absolute atomic E-state index is 0.0874. The summed E-state index contributed by atoms with van der Waals surface area (Å²) in [7, 11) is 0. The number of benzene rings is 1. The van der Waals surface area contributed by atoms with Gasteiger partial charge in [-0.05, 0) is 24.6 Å². The maximum absolute atomic E-state index is 11.6. The Labute approximate surface area is 129 Å². The number of hydrazone groups is 1. The van der Waals surface area contributed by atoms with Crippen LogP contribution in [0.25, 0.3) is 0 Å². The molecule has 1 aromatic rings. The van der Waals surface area contributed by atoms with Crippen LogP contribution in [0.1, 0.15) is 37.3 Å². The molecule has 0 aromatic heterocycles. The number of rotatable bonds is 6. The highest BCUT2D eigenvalue weighted by atomic mass is 16.4. The van der Waals surface area contributed by atoms with Gasteiger partial charge >= 0.3 is 5.97 Å². The monoisotopic (exact) mass is 301 g/mol. The van der Waals surface area contributed by atoms with E-state index in [1.165, 1.54) is 0 Å². The molecule has 1 rings (SSSR count). The minimum atomic E-state index is -0.935. The predicted molar refractivity (Wildman–Crippen MR) is 84.2 cm³/mol. The second-order valence-corrected chi connectivity index (χ2v) is 4.77. The van der Waals surface area contributed by atoms with Gasteiger partial charge in [0.1, 0.15) is 0 Å². The smallest absolute Gasteiger partial charge is 0.305 e. The molecule has 0 heterocycles. The van der Waals surface area contributed by atoms with Crippen LogP contribution >= 0.6 is 0 Å². The third-order valence-electron chi connectivity index (χ3n) is 2.73. The van der Waals surface area contributed by atoms with Gasteiger partial charge in [0.15, 0.2) is 0 Å². The number of carbonyl (C=O) groups excluding carboxylic acids is 1. The molecule has 0 radical (unpaired) electrons. The lowest BCUT2D eigenvalue weighted by atomic mass is 10.1. The number of nitrogens with zero attached hydrogens (tertiary/aromatic N) is 1. The summed E-state index contributed by atoms with van der Waals surface area (Å²) in [6, 6.07) is 7.01. The van der Waals surface area contributed by atoms with Crippen molar-refractivity contribution in [2.45, 2.75) is 32.2 Å². The van der Waals surface area contributed by atoms with Crippen molar-refractivity contribution in [3.63, 3.8) is 0 Å². The summed E-state index contributed by atoms with van der Waals surface area (Å²) in [5.74, 6) is 9.79. The molecule has 1 aromatic carbocycles. The number of carbonyl (C=O) groups is 2. The standard InChI is InChI=1S/C16H19N3O3/c1-12(10-16(21)22)19-15(20)5-3-2-4-13-6-8-14(9-7-13)11-18-17/h6-9,11-12H,3,5,10,17H2,1H3,(H,19,20)(H,21,22). The molecule has 0 saturated carbocycles. The second kappa shape index (κ2) is 9.19. The van der Waals surface area contributed by atoms with Crippen molar-refractivity contribution in [3.05, 3.63) is 35.4 Å². The molecule has 0 saturated heterocycles. The fraction of sp³-hybridized carbons (Fsp3) is 0.312. The summed E-state index contributed by atoms with van der Waals surface area (Å²) in [6.07, 6.45) is 2.11. The van der Waals surface area contributed by atoms with Gasteiger partial charge in [-0.3, -0.25) is 9.59 Å². The van der Waals surface area contributed by atoms with Crippen LogP contribution in [0.5, 0.6) is 0 Å². The van der Waals surface area contributed by atoms with Crippen molar-refractivity contribution in [3.8, 4) is 11.8 Å². The summed E-state index contributed by atoms with van der Waals surface area (Å²) in [4.78, 5) is 22.0. The van der Waals surface area contributed by atoms with Crippen LogP contribution in [-0.2, 0) is 9.59 Å². The molecule has 1 amide bonds. The molecule has 116 valence electrons. The average Bonchev–Trinajstić information content (AvgIpc) is 2.44. The second-order valence-electron chi connectivity index (χ2n) is 4.77. The molecule has 1 atom stereocenters. The number of aliphatic carboxylic acids is 1. The van der Waals surface area contributed by atoms with E-state index in [0.29, 0.717) is 6.42 Å². The maximum Gasteiger partial charge on any atom is 0.305 e. The first kappa shape index (κ1) is 17.2. The van der Waals surface area contributed by atoms with E-state index in [1.807, 2.05) is 24.3 Å². The molecular weight excluding hydrogens is 282 g/mol. The van der Waals surface area contributed by atoms with E-state index in [4.69, 9.17) is 10.9 Å². The highest BCUT2D eigenvalue weighted by molar-refractivity contribution is 5.79. The Morgan fingerprint density at radius 2 is 2.09 bits per heavy atom. The molecule has 6 nitrogen and oxygen atoms in total. The van der Waals surface area contributed by atoms with Gasteiger partial charge < -0.3 is 16.3 Å². The Morgan fingerprint density at radius 1 is 1.41 bits per heavy atom. The Morgan fingerprint density at radius 3 is 2.68 bits per heavy atom. The predicted octanol–water partition coefficient (Wildman–Crippen LogP) is 1.09. The molecule has 0 aliphatic rings. The molecule has 0 fully saturated rings. The van der Waals surface area contributed by atoms with Crippen LogP contribution < -0.4 is 11.2 Å². The van der Waals surface area contributed by atoms with Gasteiger partial charge in [-0.25, -0.2) is 0 Å². The van der Waals surface area contributed by atoms with Crippen LogP contribution in [-0.4, -0.2) is 29.2 Å². The van der Waals surface area contributed by atoms with Gasteiger partial charge in [0.25, 0.3) is 0 Å². The van der Waals surface area contributed by atoms with E-state index in [0.717, 1.165) is 11.1 Å². The van der Waals surface area contributed by atoms with Crippen LogP contribution in [0.4, 0.5) is 0 Å². The zero-order chi connectivity index (χ0) is 16.4. The summed E-state index contributed by atoms with van der Waals surface area (Å²) in [5, 5.41) is 14.6. The van der Waals surface area contributed by atoms with E-state index < -0.39 is 5.97 Å². The Kier molecular flexibility index (Phi) is 7.20. The third kappa shape index (κ3) is 7.10. The van der Waals surface area contributed by atoms with Crippen LogP contribution in [0.2, 0.25) is 0 Å². The van der Waals surface area contributed by atoms with E-state index in [-0.39, 0.29) is 24.8 Å². The van der Waals surface area contributed by atoms with Crippen LogP contribution in [0.3, 0.4) is 0 Å². The number of carboxylic acid groups (broad SMARTS) is 1. The maximum atomic E-state index is 11.6. The zero-order valence-corrected chi connectivity index (χ0v) is 12.4. The van der Waals surface area contributed by atoms with Gasteiger partial charge in [0.05, 0.1) is 12.6 Å². The summed E-state index contributed by atoms with van der Waals surface area (Å²) < 4.78 is 0. The lowest BCUT2D eigenvalue weighted by Gasteiger charge is -2.10. The molecule has 0 aliphatic carbocycles. The Hall–Kier alpha value is -2.81. The normalized spacial score (nSPS) is 11.5. The number of hydrogen-bond donors (Lipinski definition) is 3. The molecule has 0 spiro atoms. The number of carboxylic acids is 1. The first-order valence-electron chi connectivity index (χ1n) is 6.84. The summed E-state index contributed by atoms with van der Waals surface area (Å²) in [5.41, 5.74) is 1.73. The zero-order valence-electron chi connectivity index (χ0n) is 12.4. The van der Waals surface area contributed by atoms with E-state index in [1.54, 1.807) is 13.1 Å². The highest BCUT2D eigenvalue weighted by Crippen LogP contribution is 2.01. The minimum Gasteiger partial charge on any atom is -0.481 e. The van der Waals surface area contributed by atoms with Gasteiger partial charge in [0, 0.05) is 24.4 Å². The van der Waals surface area contributed by atoms with Gasteiger partial charge in [0.2, 0.25) is 5.91 Å². The van der Waals surface area contributed by atoms with Crippen molar-refractivity contribution in [1.82, 2.24) is 5.32 Å². The topological polar surface area (TPSA) is 105 Å². The SMILES string of the molecule is CC(CC(=O)O)NC(=O)CCC#Cc1ccc(C=NN)cc1. The fourth-order valence-corrected chi connectivity index (χ4v) is 1.74. The largest absolute Gasteiger partial charge is 0.481 e. The van der Waals surface area contributed by atoms with Crippen molar-refractivity contribution < 1.29 is 14.7 Å². The molecule has 4 N–H and O–H groups in total. The first-order chi connectivity index (χ1) is 10.5. The number of amides is 1. The Balaban J connectivity index is 2.38. The van der Waals surface area contributed by atoms with Crippen molar-refractivity contribution in [2.75, 3.05) is 0 Å². The lowest BCUT2D eigenvalue weighted by molar-refractivity contribution is -0.137. The van der Waals surface area contributed by atoms with Gasteiger partial charge in [-0.2, -0.15) is 5.10 Å². The molecule has 1 unspecified atom stereocenters. The highest BCUT2D eigenvalue weighted by Gasteiger charge is 2.09. The summed E-state index contributed by atoms with van der Waals surface area (Å²) in [6.45, 7) is 1.66. The quantitative estimate of drug-likeness (QED) is 0.316. The van der Waals surface area contributed by atoms with E-state index >= 15 is 0 Å². The van der Waals surface area contributed by atoms with Gasteiger partial charge in [-0.1, -0.05) is 24.0 Å². The van der Waals surface area contributed by atoms with Crippen LogP contribution in [0, 0.1) is 11.8 Å².